The molecule has 0 amide bonds. The van der Waals surface area contributed by atoms with Gasteiger partial charge in [0.15, 0.2) is 11.3 Å². The van der Waals surface area contributed by atoms with Crippen LogP contribution in [0.25, 0.3) is 22.1 Å². The smallest absolute Gasteiger partial charge is 0.269 e. The molecular weight excluding hydrogens is 889 g/mol. The van der Waals surface area contributed by atoms with Crippen molar-refractivity contribution in [2.24, 2.45) is 0 Å². The highest BCUT2D eigenvalue weighted by Crippen LogP contribution is 2.32. The molecule has 20 nitrogen and oxygen atoms in total. The van der Waals surface area contributed by atoms with E-state index in [1.807, 2.05) is 47.7 Å². The Balaban J connectivity index is 0.000000196. The molecule has 8 aromatic rings. The van der Waals surface area contributed by atoms with E-state index in [9.17, 15) is 16.8 Å². The Morgan fingerprint density at radius 1 is 0.606 bits per heavy atom. The second kappa shape index (κ2) is 20.1. The SMILES string of the molecule is CCOc1nc(Nc2cn(CCOC)nc2C)nc2c1ccn2S(=O)(=O)c1ccc(C)cc1.CCOc1nc(Nc2cnn(CCOC)c2C)nc2c1ccn2S(=O)(=O)c1ccc(C)cc1. The maximum atomic E-state index is 13.3. The second-order valence-electron chi connectivity index (χ2n) is 14.9. The van der Waals surface area contributed by atoms with Crippen LogP contribution in [0.2, 0.25) is 0 Å². The molecule has 6 aromatic heterocycles. The molecule has 348 valence electrons. The molecule has 8 rings (SSSR count). The molecule has 0 aliphatic carbocycles. The Kier molecular flexibility index (Phi) is 14.3. The zero-order valence-corrected chi connectivity index (χ0v) is 39.5. The molecule has 0 bridgehead atoms. The minimum Gasteiger partial charge on any atom is -0.477 e. The third kappa shape index (κ3) is 10.0. The van der Waals surface area contributed by atoms with Crippen molar-refractivity contribution in [1.29, 1.82) is 0 Å². The number of aryl methyl sites for hydroxylation is 3. The Morgan fingerprint density at radius 3 is 1.55 bits per heavy atom. The van der Waals surface area contributed by atoms with Crippen LogP contribution in [0.1, 0.15) is 36.4 Å². The second-order valence-corrected chi connectivity index (χ2v) is 18.5. The van der Waals surface area contributed by atoms with Gasteiger partial charge in [0.2, 0.25) is 23.7 Å². The van der Waals surface area contributed by atoms with Crippen LogP contribution in [0.3, 0.4) is 0 Å². The van der Waals surface area contributed by atoms with Gasteiger partial charge in [-0.3, -0.25) is 9.36 Å². The highest BCUT2D eigenvalue weighted by molar-refractivity contribution is 7.90. The molecule has 0 saturated heterocycles. The number of hydrogen-bond acceptors (Lipinski definition) is 16. The van der Waals surface area contributed by atoms with Crippen LogP contribution in [0, 0.1) is 27.7 Å². The summed E-state index contributed by atoms with van der Waals surface area (Å²) < 4.78 is 80.8. The van der Waals surface area contributed by atoms with Crippen molar-refractivity contribution in [1.82, 2.24) is 47.4 Å². The van der Waals surface area contributed by atoms with Gasteiger partial charge in [-0.05, 0) is 77.9 Å². The van der Waals surface area contributed by atoms with Crippen molar-refractivity contribution in [2.75, 3.05) is 51.3 Å². The summed E-state index contributed by atoms with van der Waals surface area (Å²) in [6, 6.07) is 16.7. The van der Waals surface area contributed by atoms with E-state index in [4.69, 9.17) is 18.9 Å². The standard InChI is InChI=1S/2C22H26N6O4S/c1-5-32-21-18-10-11-28(33(29,30)17-8-6-15(2)7-9-17)20(18)24-22(25-21)23-19-14-27(12-13-31-4)26-16(19)3;1-5-32-21-18-10-11-28(33(29,30)17-8-6-15(2)7-9-17)20(18)25-22(26-21)24-19-14-23-27(16(19)3)12-13-31-4/h6-11,14H,5,12-13H2,1-4H3,(H,23,24,25);6-11,14H,5,12-13H2,1-4H3,(H,24,25,26). The maximum absolute atomic E-state index is 13.3. The Morgan fingerprint density at radius 2 is 1.08 bits per heavy atom. The van der Waals surface area contributed by atoms with Gasteiger partial charge in [-0.15, -0.1) is 0 Å². The summed E-state index contributed by atoms with van der Waals surface area (Å²) in [5.41, 5.74) is 5.41. The van der Waals surface area contributed by atoms with Crippen LogP contribution in [0.15, 0.2) is 95.2 Å². The first-order chi connectivity index (χ1) is 31.7. The number of methoxy groups -OCH3 is 2. The van der Waals surface area contributed by atoms with Gasteiger partial charge in [-0.2, -0.15) is 30.1 Å². The zero-order chi connectivity index (χ0) is 47.2. The first kappa shape index (κ1) is 47.1. The summed E-state index contributed by atoms with van der Waals surface area (Å²) in [6.07, 6.45) is 6.43. The monoisotopic (exact) mass is 940 g/mol. The zero-order valence-electron chi connectivity index (χ0n) is 37.9. The lowest BCUT2D eigenvalue weighted by Gasteiger charge is -2.11. The third-order valence-corrected chi connectivity index (χ3v) is 13.6. The summed E-state index contributed by atoms with van der Waals surface area (Å²) in [6.45, 7) is 14.3. The van der Waals surface area contributed by atoms with E-state index in [-0.39, 0.29) is 33.0 Å². The lowest BCUT2D eigenvalue weighted by atomic mass is 10.2. The molecule has 0 atom stereocenters. The van der Waals surface area contributed by atoms with Crippen LogP contribution in [-0.2, 0) is 42.6 Å². The number of hydrogen-bond donors (Lipinski definition) is 2. The Hall–Kier alpha value is -6.88. The molecule has 0 spiro atoms. The summed E-state index contributed by atoms with van der Waals surface area (Å²) in [7, 11) is -4.46. The third-order valence-electron chi connectivity index (χ3n) is 10.2. The van der Waals surface area contributed by atoms with Gasteiger partial charge in [0, 0.05) is 32.8 Å². The normalized spacial score (nSPS) is 11.8. The molecule has 0 aliphatic rings. The van der Waals surface area contributed by atoms with E-state index >= 15 is 0 Å². The van der Waals surface area contributed by atoms with Crippen LogP contribution >= 0.6 is 0 Å². The summed E-state index contributed by atoms with van der Waals surface area (Å²) in [5, 5.41) is 16.1. The molecule has 0 fully saturated rings. The highest BCUT2D eigenvalue weighted by Gasteiger charge is 2.25. The fourth-order valence-electron chi connectivity index (χ4n) is 6.72. The Bertz CT molecular complexity index is 3020. The van der Waals surface area contributed by atoms with Crippen molar-refractivity contribution in [3.8, 4) is 11.8 Å². The van der Waals surface area contributed by atoms with E-state index in [0.717, 1.165) is 30.5 Å². The predicted octanol–water partition coefficient (Wildman–Crippen LogP) is 6.54. The quantitative estimate of drug-likeness (QED) is 0.0931. The fraction of sp³-hybridized carbons (Fsp3) is 0.318. The van der Waals surface area contributed by atoms with Gasteiger partial charge in [0.25, 0.3) is 20.0 Å². The van der Waals surface area contributed by atoms with Crippen molar-refractivity contribution >= 4 is 65.4 Å². The topological polar surface area (TPSA) is 226 Å². The molecule has 0 radical (unpaired) electrons. The Labute approximate surface area is 382 Å². The lowest BCUT2D eigenvalue weighted by molar-refractivity contribution is 0.183. The number of benzene rings is 2. The van der Waals surface area contributed by atoms with Gasteiger partial charge in [0.05, 0.1) is 89.0 Å². The van der Waals surface area contributed by atoms with Gasteiger partial charge in [-0.1, -0.05) is 35.4 Å². The molecule has 0 aliphatic heterocycles. The van der Waals surface area contributed by atoms with Crippen LogP contribution in [0.5, 0.6) is 11.8 Å². The van der Waals surface area contributed by atoms with Gasteiger partial charge in [0.1, 0.15) is 0 Å². The molecule has 2 aromatic carbocycles. The molecule has 0 unspecified atom stereocenters. The highest BCUT2D eigenvalue weighted by atomic mass is 32.2. The molecule has 0 saturated carbocycles. The predicted molar refractivity (Wildman–Crippen MR) is 249 cm³/mol. The van der Waals surface area contributed by atoms with Crippen LogP contribution in [-0.4, -0.2) is 105 Å². The number of fused-ring (bicyclic) bond motifs is 2. The number of rotatable bonds is 18. The average molecular weight is 941 g/mol. The number of anilines is 4. The van der Waals surface area contributed by atoms with Crippen LogP contribution in [0.4, 0.5) is 23.3 Å². The first-order valence-electron chi connectivity index (χ1n) is 20.9. The van der Waals surface area contributed by atoms with Crippen molar-refractivity contribution in [3.05, 3.63) is 108 Å². The molecule has 6 heterocycles. The number of aromatic nitrogens is 10. The first-order valence-corrected chi connectivity index (χ1v) is 23.8. The molecule has 22 heteroatoms. The fourth-order valence-corrected chi connectivity index (χ4v) is 9.31. The number of nitrogens with one attached hydrogen (secondary N) is 2. The molecule has 66 heavy (non-hydrogen) atoms. The van der Waals surface area contributed by atoms with E-state index in [0.29, 0.717) is 73.4 Å². The number of ether oxygens (including phenoxy) is 4. The molecule has 2 N–H and O–H groups in total. The van der Waals surface area contributed by atoms with Crippen molar-refractivity contribution in [3.63, 3.8) is 0 Å². The van der Waals surface area contributed by atoms with Gasteiger partial charge >= 0.3 is 0 Å². The van der Waals surface area contributed by atoms with Crippen molar-refractivity contribution in [2.45, 2.75) is 64.4 Å². The van der Waals surface area contributed by atoms with Gasteiger partial charge < -0.3 is 29.6 Å². The minimum atomic E-state index is -3.86. The number of nitrogens with zero attached hydrogens (tertiary/aromatic N) is 10. The van der Waals surface area contributed by atoms with E-state index < -0.39 is 20.0 Å². The lowest BCUT2D eigenvalue weighted by Crippen LogP contribution is -2.13. The van der Waals surface area contributed by atoms with Gasteiger partial charge in [-0.25, -0.2) is 24.8 Å². The summed E-state index contributed by atoms with van der Waals surface area (Å²) >= 11 is 0. The van der Waals surface area contributed by atoms with E-state index in [2.05, 4.69) is 40.8 Å². The molecular formula is C44H52N12O8S2. The summed E-state index contributed by atoms with van der Waals surface area (Å²) in [5.74, 6) is 1.01. The average Bonchev–Trinajstić information content (AvgIpc) is 4.09. The van der Waals surface area contributed by atoms with Crippen LogP contribution < -0.4 is 20.1 Å². The summed E-state index contributed by atoms with van der Waals surface area (Å²) in [4.78, 5) is 18.3. The van der Waals surface area contributed by atoms with E-state index in [1.165, 1.54) is 12.4 Å². The largest absolute Gasteiger partial charge is 0.477 e. The van der Waals surface area contributed by atoms with Crippen molar-refractivity contribution < 1.29 is 35.8 Å². The maximum Gasteiger partial charge on any atom is 0.269 e. The minimum absolute atomic E-state index is 0.173. The van der Waals surface area contributed by atoms with E-state index in [1.54, 1.807) is 90.4 Å².